The maximum Gasteiger partial charge on any atom is 0.137 e. The van der Waals surface area contributed by atoms with E-state index in [-0.39, 0.29) is 6.04 Å². The Hall–Kier alpha value is -1.13. The summed E-state index contributed by atoms with van der Waals surface area (Å²) in [5.41, 5.74) is 6.65. The molecule has 1 atom stereocenters. The highest BCUT2D eigenvalue weighted by Gasteiger charge is 2.09. The third-order valence-corrected chi connectivity index (χ3v) is 3.35. The minimum absolute atomic E-state index is 0.0209. The summed E-state index contributed by atoms with van der Waals surface area (Å²) in [6.45, 7) is 6.10. The molecule has 18 heavy (non-hydrogen) atoms. The van der Waals surface area contributed by atoms with Crippen LogP contribution in [0.25, 0.3) is 0 Å². The van der Waals surface area contributed by atoms with E-state index < -0.39 is 0 Å². The first kappa shape index (κ1) is 13.3. The fourth-order valence-corrected chi connectivity index (χ4v) is 2.22. The molecule has 1 aliphatic heterocycles. The molecule has 1 saturated heterocycles. The van der Waals surface area contributed by atoms with Crippen molar-refractivity contribution < 1.29 is 4.74 Å². The summed E-state index contributed by atoms with van der Waals surface area (Å²) < 4.78 is 5.70. The topological polar surface area (TPSA) is 51.4 Å². The Morgan fingerprint density at radius 2 is 2.11 bits per heavy atom. The normalized spacial score (nSPS) is 18.6. The zero-order chi connectivity index (χ0) is 12.8. The molecule has 1 aliphatic rings. The second-order valence-electron chi connectivity index (χ2n) is 4.96. The molecule has 4 nitrogen and oxygen atoms in total. The van der Waals surface area contributed by atoms with E-state index in [2.05, 4.69) is 9.88 Å². The molecule has 0 bridgehead atoms. The second kappa shape index (κ2) is 6.71. The number of nitrogens with zero attached hydrogens (tertiary/aromatic N) is 2. The summed E-state index contributed by atoms with van der Waals surface area (Å²) in [5.74, 6) is 0.830. The third-order valence-electron chi connectivity index (χ3n) is 3.35. The van der Waals surface area contributed by atoms with E-state index in [1.807, 2.05) is 19.1 Å². The molecule has 0 radical (unpaired) electrons. The smallest absolute Gasteiger partial charge is 0.137 e. The molecule has 1 aromatic heterocycles. The van der Waals surface area contributed by atoms with Crippen molar-refractivity contribution >= 4 is 0 Å². The molecule has 2 N–H and O–H groups in total. The Kier molecular flexibility index (Phi) is 4.96. The van der Waals surface area contributed by atoms with E-state index in [1.165, 1.54) is 32.4 Å². The highest BCUT2D eigenvalue weighted by molar-refractivity contribution is 5.21. The zero-order valence-electron chi connectivity index (χ0n) is 11.1. The van der Waals surface area contributed by atoms with Gasteiger partial charge in [0.2, 0.25) is 0 Å². The molecule has 0 aliphatic carbocycles. The molecule has 2 heterocycles. The first-order valence-electron chi connectivity index (χ1n) is 6.82. The van der Waals surface area contributed by atoms with Gasteiger partial charge < -0.3 is 10.5 Å². The van der Waals surface area contributed by atoms with Crippen LogP contribution in [0.5, 0.6) is 5.75 Å². The van der Waals surface area contributed by atoms with Crippen molar-refractivity contribution in [2.24, 2.45) is 5.73 Å². The Bertz CT molecular complexity index is 345. The van der Waals surface area contributed by atoms with Crippen LogP contribution in [0, 0.1) is 0 Å². The predicted molar refractivity (Wildman–Crippen MR) is 72.6 cm³/mol. The minimum Gasteiger partial charge on any atom is -0.491 e. The van der Waals surface area contributed by atoms with Crippen LogP contribution in [0.2, 0.25) is 0 Å². The Balaban J connectivity index is 1.72. The third kappa shape index (κ3) is 3.96. The lowest BCUT2D eigenvalue weighted by Gasteiger charge is -2.26. The first-order valence-corrected chi connectivity index (χ1v) is 6.82. The molecule has 1 fully saturated rings. The molecule has 100 valence electrons. The van der Waals surface area contributed by atoms with E-state index >= 15 is 0 Å². The average Bonchev–Trinajstić information content (AvgIpc) is 2.40. The van der Waals surface area contributed by atoms with Crippen molar-refractivity contribution in [3.63, 3.8) is 0 Å². The van der Waals surface area contributed by atoms with Crippen molar-refractivity contribution in [1.82, 2.24) is 9.88 Å². The molecule has 1 aromatic rings. The maximum atomic E-state index is 5.75. The van der Waals surface area contributed by atoms with Gasteiger partial charge in [-0.3, -0.25) is 9.88 Å². The summed E-state index contributed by atoms with van der Waals surface area (Å²) in [5, 5.41) is 0. The zero-order valence-corrected chi connectivity index (χ0v) is 11.1. The fourth-order valence-electron chi connectivity index (χ4n) is 2.22. The minimum atomic E-state index is -0.0209. The fraction of sp³-hybridized carbons (Fsp3) is 0.643. The summed E-state index contributed by atoms with van der Waals surface area (Å²) in [6, 6.07) is 3.86. The van der Waals surface area contributed by atoms with Crippen LogP contribution < -0.4 is 10.5 Å². The summed E-state index contributed by atoms with van der Waals surface area (Å²) in [4.78, 5) is 6.75. The number of hydrogen-bond donors (Lipinski definition) is 1. The van der Waals surface area contributed by atoms with Crippen LogP contribution in [-0.2, 0) is 0 Å². The standard InChI is InChI=1S/C14H23N3O/c1-12(15)14-6-5-13(11-16-14)18-10-9-17-7-3-2-4-8-17/h5-6,11-12H,2-4,7-10,15H2,1H3/t12-/m1/s1. The van der Waals surface area contributed by atoms with E-state index in [9.17, 15) is 0 Å². The number of pyridine rings is 1. The van der Waals surface area contributed by atoms with Gasteiger partial charge in [-0.25, -0.2) is 0 Å². The van der Waals surface area contributed by atoms with Gasteiger partial charge in [-0.05, 0) is 45.0 Å². The molecular weight excluding hydrogens is 226 g/mol. The van der Waals surface area contributed by atoms with Crippen LogP contribution in [0.3, 0.4) is 0 Å². The van der Waals surface area contributed by atoms with Crippen LogP contribution >= 0.6 is 0 Å². The van der Waals surface area contributed by atoms with E-state index in [0.29, 0.717) is 0 Å². The molecular formula is C14H23N3O. The predicted octanol–water partition coefficient (Wildman–Crippen LogP) is 1.97. The maximum absolute atomic E-state index is 5.75. The first-order chi connectivity index (χ1) is 8.75. The second-order valence-corrected chi connectivity index (χ2v) is 4.96. The number of nitrogens with two attached hydrogens (primary N) is 1. The van der Waals surface area contributed by atoms with Gasteiger partial charge in [-0.2, -0.15) is 0 Å². The summed E-state index contributed by atoms with van der Waals surface area (Å²) in [7, 11) is 0. The lowest BCUT2D eigenvalue weighted by atomic mass is 10.1. The molecule has 0 aromatic carbocycles. The molecule has 0 spiro atoms. The molecule has 2 rings (SSSR count). The van der Waals surface area contributed by atoms with Gasteiger partial charge in [0.05, 0.1) is 11.9 Å². The van der Waals surface area contributed by atoms with Gasteiger partial charge >= 0.3 is 0 Å². The number of rotatable bonds is 5. The number of hydrogen-bond acceptors (Lipinski definition) is 4. The lowest BCUT2D eigenvalue weighted by molar-refractivity contribution is 0.183. The van der Waals surface area contributed by atoms with Crippen LogP contribution in [0.1, 0.15) is 37.9 Å². The number of piperidine rings is 1. The highest BCUT2D eigenvalue weighted by Crippen LogP contribution is 2.13. The van der Waals surface area contributed by atoms with Crippen molar-refractivity contribution in [3.8, 4) is 5.75 Å². The molecule has 0 unspecified atom stereocenters. The van der Waals surface area contributed by atoms with Gasteiger partial charge in [0.15, 0.2) is 0 Å². The Labute approximate surface area is 109 Å². The average molecular weight is 249 g/mol. The number of likely N-dealkylation sites (tertiary alicyclic amines) is 1. The van der Waals surface area contributed by atoms with Crippen molar-refractivity contribution in [1.29, 1.82) is 0 Å². The SMILES string of the molecule is C[C@@H](N)c1ccc(OCCN2CCCCC2)cn1. The van der Waals surface area contributed by atoms with Crippen molar-refractivity contribution in [3.05, 3.63) is 24.0 Å². The van der Waals surface area contributed by atoms with Crippen molar-refractivity contribution in [2.75, 3.05) is 26.2 Å². The highest BCUT2D eigenvalue weighted by atomic mass is 16.5. The van der Waals surface area contributed by atoms with Crippen molar-refractivity contribution in [2.45, 2.75) is 32.2 Å². The quantitative estimate of drug-likeness (QED) is 0.866. The molecule has 4 heteroatoms. The van der Waals surface area contributed by atoms with E-state index in [0.717, 1.165) is 24.6 Å². The van der Waals surface area contributed by atoms with E-state index in [4.69, 9.17) is 10.5 Å². The lowest BCUT2D eigenvalue weighted by Crippen LogP contribution is -2.33. The Morgan fingerprint density at radius 3 is 2.72 bits per heavy atom. The van der Waals surface area contributed by atoms with Gasteiger partial charge in [-0.15, -0.1) is 0 Å². The number of ether oxygens (including phenoxy) is 1. The van der Waals surface area contributed by atoms with Crippen LogP contribution in [0.4, 0.5) is 0 Å². The largest absolute Gasteiger partial charge is 0.491 e. The van der Waals surface area contributed by atoms with Gasteiger partial charge in [0, 0.05) is 12.6 Å². The van der Waals surface area contributed by atoms with Gasteiger partial charge in [0.1, 0.15) is 12.4 Å². The summed E-state index contributed by atoms with van der Waals surface area (Å²) in [6.07, 6.45) is 5.78. The van der Waals surface area contributed by atoms with E-state index in [1.54, 1.807) is 6.20 Å². The molecule has 0 saturated carbocycles. The van der Waals surface area contributed by atoms with Crippen LogP contribution in [0.15, 0.2) is 18.3 Å². The van der Waals surface area contributed by atoms with Gasteiger partial charge in [0.25, 0.3) is 0 Å². The monoisotopic (exact) mass is 249 g/mol. The van der Waals surface area contributed by atoms with Gasteiger partial charge in [-0.1, -0.05) is 6.42 Å². The number of aromatic nitrogens is 1. The molecule has 0 amide bonds. The van der Waals surface area contributed by atoms with Crippen LogP contribution in [-0.4, -0.2) is 36.1 Å². The summed E-state index contributed by atoms with van der Waals surface area (Å²) >= 11 is 0. The Morgan fingerprint density at radius 1 is 1.33 bits per heavy atom.